The lowest BCUT2D eigenvalue weighted by molar-refractivity contribution is 0.187. The molecule has 4 heteroatoms. The molecule has 1 heterocycles. The van der Waals surface area contributed by atoms with E-state index in [0.29, 0.717) is 0 Å². The lowest BCUT2D eigenvalue weighted by atomic mass is 9.95. The van der Waals surface area contributed by atoms with Gasteiger partial charge in [-0.05, 0) is 64.7 Å². The number of nitrogens with one attached hydrogen (secondary N) is 1. The molecule has 0 aliphatic carbocycles. The van der Waals surface area contributed by atoms with Crippen LogP contribution < -0.4 is 5.32 Å². The molecule has 0 spiro atoms. The van der Waals surface area contributed by atoms with Gasteiger partial charge in [-0.25, -0.2) is 0 Å². The van der Waals surface area contributed by atoms with Gasteiger partial charge in [0, 0.05) is 13.2 Å². The fraction of sp³-hybridized carbons (Fsp3) is 1.00. The minimum atomic E-state index is -1.85. The molecular weight excluding hydrogens is 230 g/mol. The van der Waals surface area contributed by atoms with E-state index in [9.17, 15) is 0 Å². The van der Waals surface area contributed by atoms with E-state index in [2.05, 4.69) is 25.7 Å². The predicted octanol–water partition coefficient (Wildman–Crippen LogP) is 2.91. The smallest absolute Gasteiger partial charge is 0.334 e. The van der Waals surface area contributed by atoms with E-state index in [0.717, 1.165) is 25.2 Å². The van der Waals surface area contributed by atoms with Crippen molar-refractivity contribution in [3.63, 3.8) is 0 Å². The van der Waals surface area contributed by atoms with E-state index in [1.165, 1.54) is 38.8 Å². The molecule has 1 aliphatic heterocycles. The molecule has 3 nitrogen and oxygen atoms in total. The van der Waals surface area contributed by atoms with Crippen LogP contribution in [0.1, 0.15) is 39.5 Å². The predicted molar refractivity (Wildman–Crippen MR) is 74.5 cm³/mol. The van der Waals surface area contributed by atoms with Crippen LogP contribution in [0.2, 0.25) is 12.6 Å². The molecule has 0 radical (unpaired) electrons. The second-order valence-electron chi connectivity index (χ2n) is 5.10. The van der Waals surface area contributed by atoms with Crippen molar-refractivity contribution in [2.75, 3.05) is 26.3 Å². The third-order valence-electron chi connectivity index (χ3n) is 3.54. The van der Waals surface area contributed by atoms with Crippen LogP contribution in [0.25, 0.3) is 0 Å². The van der Waals surface area contributed by atoms with Crippen LogP contribution in [-0.4, -0.2) is 34.9 Å². The summed E-state index contributed by atoms with van der Waals surface area (Å²) >= 11 is 0. The van der Waals surface area contributed by atoms with Gasteiger partial charge >= 0.3 is 8.56 Å². The molecule has 0 aromatic rings. The molecule has 102 valence electrons. The molecule has 1 aliphatic rings. The first kappa shape index (κ1) is 15.2. The summed E-state index contributed by atoms with van der Waals surface area (Å²) in [5, 5.41) is 3.48. The van der Waals surface area contributed by atoms with Gasteiger partial charge in [-0.2, -0.15) is 0 Å². The zero-order valence-corrected chi connectivity index (χ0v) is 12.8. The summed E-state index contributed by atoms with van der Waals surface area (Å²) in [4.78, 5) is 0. The van der Waals surface area contributed by atoms with Crippen molar-refractivity contribution in [2.24, 2.45) is 5.92 Å². The monoisotopic (exact) mass is 259 g/mol. The van der Waals surface area contributed by atoms with Crippen LogP contribution in [0.4, 0.5) is 0 Å². The van der Waals surface area contributed by atoms with Gasteiger partial charge in [-0.1, -0.05) is 6.42 Å². The Morgan fingerprint density at radius 2 is 1.94 bits per heavy atom. The standard InChI is InChI=1S/C13H29NO2Si/c1-4-15-17(3,16-5-2)11-7-9-13-8-6-10-14-12-13/h13-14H,4-12H2,1-3H3. The average molecular weight is 259 g/mol. The lowest BCUT2D eigenvalue weighted by Crippen LogP contribution is -2.39. The maximum Gasteiger partial charge on any atom is 0.334 e. The van der Waals surface area contributed by atoms with Crippen LogP contribution in [0.15, 0.2) is 0 Å². The molecular formula is C13H29NO2Si. The molecule has 1 rings (SSSR count). The Balaban J connectivity index is 2.21. The molecule has 1 atom stereocenters. The average Bonchev–Trinajstić information content (AvgIpc) is 2.31. The van der Waals surface area contributed by atoms with Crippen LogP contribution >= 0.6 is 0 Å². The summed E-state index contributed by atoms with van der Waals surface area (Å²) in [5.41, 5.74) is 0. The Kier molecular flexibility index (Phi) is 7.35. The Bertz CT molecular complexity index is 190. The van der Waals surface area contributed by atoms with Gasteiger partial charge < -0.3 is 14.2 Å². The largest absolute Gasteiger partial charge is 0.395 e. The van der Waals surface area contributed by atoms with Crippen molar-refractivity contribution in [1.29, 1.82) is 0 Å². The summed E-state index contributed by atoms with van der Waals surface area (Å²) in [6.45, 7) is 10.3. The van der Waals surface area contributed by atoms with E-state index >= 15 is 0 Å². The van der Waals surface area contributed by atoms with Crippen LogP contribution in [0.5, 0.6) is 0 Å². The summed E-state index contributed by atoms with van der Waals surface area (Å²) in [6, 6.07) is 1.14. The molecule has 1 fully saturated rings. The minimum absolute atomic E-state index is 0.785. The second kappa shape index (κ2) is 8.24. The molecule has 0 aromatic heterocycles. The van der Waals surface area contributed by atoms with Gasteiger partial charge in [-0.15, -0.1) is 0 Å². The highest BCUT2D eigenvalue weighted by Gasteiger charge is 2.30. The van der Waals surface area contributed by atoms with Crippen molar-refractivity contribution in [2.45, 2.75) is 52.1 Å². The first-order valence-corrected chi connectivity index (χ1v) is 9.71. The van der Waals surface area contributed by atoms with Crippen molar-refractivity contribution in [1.82, 2.24) is 5.32 Å². The van der Waals surface area contributed by atoms with Crippen LogP contribution in [0, 0.1) is 5.92 Å². The van der Waals surface area contributed by atoms with E-state index < -0.39 is 8.56 Å². The quantitative estimate of drug-likeness (QED) is 0.680. The highest BCUT2D eigenvalue weighted by Crippen LogP contribution is 2.22. The van der Waals surface area contributed by atoms with E-state index in [-0.39, 0.29) is 0 Å². The molecule has 0 amide bonds. The summed E-state index contributed by atoms with van der Waals surface area (Å²) in [7, 11) is -1.85. The Hall–Kier alpha value is 0.0969. The highest BCUT2D eigenvalue weighted by atomic mass is 28.4. The van der Waals surface area contributed by atoms with Gasteiger partial charge in [0.05, 0.1) is 0 Å². The fourth-order valence-electron chi connectivity index (χ4n) is 2.68. The summed E-state index contributed by atoms with van der Waals surface area (Å²) in [5.74, 6) is 0.880. The van der Waals surface area contributed by atoms with Gasteiger partial charge in [0.25, 0.3) is 0 Å². The van der Waals surface area contributed by atoms with Gasteiger partial charge in [-0.3, -0.25) is 0 Å². The molecule has 0 saturated carbocycles. The van der Waals surface area contributed by atoms with Crippen molar-refractivity contribution >= 4 is 8.56 Å². The van der Waals surface area contributed by atoms with Gasteiger partial charge in [0.2, 0.25) is 0 Å². The van der Waals surface area contributed by atoms with Gasteiger partial charge in [0.15, 0.2) is 0 Å². The zero-order valence-electron chi connectivity index (χ0n) is 11.8. The Morgan fingerprint density at radius 1 is 1.24 bits per heavy atom. The molecule has 17 heavy (non-hydrogen) atoms. The SMILES string of the molecule is CCO[Si](C)(CCCC1CCCNC1)OCC. The number of piperidine rings is 1. The third kappa shape index (κ3) is 6.00. The first-order valence-electron chi connectivity index (χ1n) is 7.19. The molecule has 1 unspecified atom stereocenters. The third-order valence-corrected chi connectivity index (χ3v) is 6.60. The Labute approximate surface area is 108 Å². The number of hydrogen-bond donors (Lipinski definition) is 1. The Morgan fingerprint density at radius 3 is 2.47 bits per heavy atom. The molecule has 0 bridgehead atoms. The topological polar surface area (TPSA) is 30.5 Å². The van der Waals surface area contributed by atoms with Crippen LogP contribution in [-0.2, 0) is 8.85 Å². The van der Waals surface area contributed by atoms with Crippen molar-refractivity contribution < 1.29 is 8.85 Å². The van der Waals surface area contributed by atoms with Crippen LogP contribution in [0.3, 0.4) is 0 Å². The number of rotatable bonds is 8. The van der Waals surface area contributed by atoms with Crippen molar-refractivity contribution in [3.05, 3.63) is 0 Å². The van der Waals surface area contributed by atoms with E-state index in [1.807, 2.05) is 0 Å². The minimum Gasteiger partial charge on any atom is -0.395 e. The first-order chi connectivity index (χ1) is 8.20. The maximum absolute atomic E-state index is 5.86. The summed E-state index contributed by atoms with van der Waals surface area (Å²) in [6.07, 6.45) is 5.33. The normalized spacial score (nSPS) is 21.7. The zero-order chi connectivity index (χ0) is 12.6. The molecule has 1 saturated heterocycles. The van der Waals surface area contributed by atoms with Crippen molar-refractivity contribution in [3.8, 4) is 0 Å². The molecule has 1 N–H and O–H groups in total. The molecule has 0 aromatic carbocycles. The van der Waals surface area contributed by atoms with Gasteiger partial charge in [0.1, 0.15) is 0 Å². The summed E-state index contributed by atoms with van der Waals surface area (Å²) < 4.78 is 11.7. The second-order valence-corrected chi connectivity index (χ2v) is 8.45. The fourth-order valence-corrected chi connectivity index (χ4v) is 5.12. The lowest BCUT2D eigenvalue weighted by Gasteiger charge is -2.27. The van der Waals surface area contributed by atoms with E-state index in [4.69, 9.17) is 8.85 Å². The highest BCUT2D eigenvalue weighted by molar-refractivity contribution is 6.66. The maximum atomic E-state index is 5.86. The van der Waals surface area contributed by atoms with E-state index in [1.54, 1.807) is 0 Å². The number of hydrogen-bond acceptors (Lipinski definition) is 3.